The minimum atomic E-state index is -3.69. The van der Waals surface area contributed by atoms with Crippen molar-refractivity contribution in [2.75, 3.05) is 26.2 Å². The molecule has 1 aromatic heterocycles. The first-order valence-corrected chi connectivity index (χ1v) is 15.3. The summed E-state index contributed by atoms with van der Waals surface area (Å²) in [5, 5.41) is 4.84. The minimum Gasteiger partial charge on any atom is -0.342 e. The number of para-hydroxylation sites is 2. The SMILES string of the molecule is CC(NC(=O)c1ccccc1)c1nc2ccccc2n1CC(=O)N1CCN(S(=O)(=O)c2ccc3ccccc3c2)CC1. The first kappa shape index (κ1) is 27.6. The maximum Gasteiger partial charge on any atom is 0.251 e. The molecule has 0 radical (unpaired) electrons. The highest BCUT2D eigenvalue weighted by Gasteiger charge is 2.31. The van der Waals surface area contributed by atoms with E-state index in [1.165, 1.54) is 4.31 Å². The van der Waals surface area contributed by atoms with Crippen molar-refractivity contribution in [2.24, 2.45) is 0 Å². The molecule has 42 heavy (non-hydrogen) atoms. The maximum atomic E-state index is 13.5. The van der Waals surface area contributed by atoms with E-state index >= 15 is 0 Å². The maximum absolute atomic E-state index is 13.5. The van der Waals surface area contributed by atoms with Crippen LogP contribution in [0.3, 0.4) is 0 Å². The molecular formula is C32H31N5O4S. The predicted molar refractivity (Wildman–Crippen MR) is 161 cm³/mol. The molecule has 5 aromatic rings. The Kier molecular flexibility index (Phi) is 7.49. The highest BCUT2D eigenvalue weighted by atomic mass is 32.2. The van der Waals surface area contributed by atoms with Gasteiger partial charge in [-0.3, -0.25) is 9.59 Å². The van der Waals surface area contributed by atoms with Crippen LogP contribution in [-0.2, 0) is 21.4 Å². The van der Waals surface area contributed by atoms with Crippen molar-refractivity contribution in [2.45, 2.75) is 24.4 Å². The zero-order valence-electron chi connectivity index (χ0n) is 23.2. The number of hydrogen-bond donors (Lipinski definition) is 1. The Morgan fingerprint density at radius 3 is 2.26 bits per heavy atom. The van der Waals surface area contributed by atoms with Gasteiger partial charge in [-0.2, -0.15) is 4.31 Å². The van der Waals surface area contributed by atoms with Crippen molar-refractivity contribution in [3.63, 3.8) is 0 Å². The fourth-order valence-electron chi connectivity index (χ4n) is 5.41. The molecule has 1 atom stereocenters. The molecule has 1 saturated heterocycles. The highest BCUT2D eigenvalue weighted by Crippen LogP contribution is 2.24. The Morgan fingerprint density at radius 2 is 1.50 bits per heavy atom. The van der Waals surface area contributed by atoms with E-state index < -0.39 is 16.1 Å². The molecule has 2 amide bonds. The topological polar surface area (TPSA) is 105 Å². The second kappa shape index (κ2) is 11.4. The second-order valence-corrected chi connectivity index (χ2v) is 12.3. The van der Waals surface area contributed by atoms with Crippen LogP contribution in [0, 0.1) is 0 Å². The van der Waals surface area contributed by atoms with E-state index in [1.807, 2.05) is 72.2 Å². The van der Waals surface area contributed by atoms with Crippen molar-refractivity contribution >= 4 is 43.6 Å². The number of imidazole rings is 1. The van der Waals surface area contributed by atoms with Crippen LogP contribution in [-0.4, -0.2) is 65.2 Å². The van der Waals surface area contributed by atoms with Crippen LogP contribution in [0.15, 0.2) is 102 Å². The smallest absolute Gasteiger partial charge is 0.251 e. The Morgan fingerprint density at radius 1 is 0.833 bits per heavy atom. The normalized spacial score (nSPS) is 15.1. The molecule has 6 rings (SSSR count). The lowest BCUT2D eigenvalue weighted by Crippen LogP contribution is -2.51. The third kappa shape index (κ3) is 5.38. The number of nitrogens with one attached hydrogen (secondary N) is 1. The van der Waals surface area contributed by atoms with E-state index in [4.69, 9.17) is 4.98 Å². The summed E-state index contributed by atoms with van der Waals surface area (Å²) < 4.78 is 30.1. The van der Waals surface area contributed by atoms with E-state index in [1.54, 1.807) is 41.3 Å². The van der Waals surface area contributed by atoms with E-state index in [2.05, 4.69) is 5.32 Å². The molecule has 1 fully saturated rings. The van der Waals surface area contributed by atoms with Crippen LogP contribution in [0.2, 0.25) is 0 Å². The molecule has 1 aliphatic heterocycles. The van der Waals surface area contributed by atoms with E-state index in [-0.39, 0.29) is 49.4 Å². The third-order valence-corrected chi connectivity index (χ3v) is 9.59. The van der Waals surface area contributed by atoms with Gasteiger partial charge in [0.05, 0.1) is 22.0 Å². The Hall–Kier alpha value is -4.54. The molecule has 2 heterocycles. The standard InChI is InChI=1S/C32H31N5O4S/c1-23(33-32(39)25-10-3-2-4-11-25)31-34-28-13-7-8-14-29(28)37(31)22-30(38)35-17-19-36(20-18-35)42(40,41)27-16-15-24-9-5-6-12-26(24)21-27/h2-16,21,23H,17-20,22H2,1H3,(H,33,39). The van der Waals surface area contributed by atoms with Crippen LogP contribution in [0.1, 0.15) is 29.1 Å². The summed E-state index contributed by atoms with van der Waals surface area (Å²) in [5.74, 6) is 0.215. The van der Waals surface area contributed by atoms with Crippen LogP contribution in [0.4, 0.5) is 0 Å². The van der Waals surface area contributed by atoms with Gasteiger partial charge in [0.25, 0.3) is 5.91 Å². The van der Waals surface area contributed by atoms with Crippen LogP contribution in [0.25, 0.3) is 21.8 Å². The number of piperazine rings is 1. The Balaban J connectivity index is 1.16. The van der Waals surface area contributed by atoms with E-state index in [0.29, 0.717) is 11.4 Å². The van der Waals surface area contributed by atoms with Gasteiger partial charge in [0.15, 0.2) is 0 Å². The zero-order valence-corrected chi connectivity index (χ0v) is 24.0. The molecular weight excluding hydrogens is 550 g/mol. The lowest BCUT2D eigenvalue weighted by atomic mass is 10.1. The van der Waals surface area contributed by atoms with Gasteiger partial charge >= 0.3 is 0 Å². The van der Waals surface area contributed by atoms with Crippen molar-refractivity contribution < 1.29 is 18.0 Å². The number of aromatic nitrogens is 2. The molecule has 0 bridgehead atoms. The summed E-state index contributed by atoms with van der Waals surface area (Å²) in [5.41, 5.74) is 2.06. The summed E-state index contributed by atoms with van der Waals surface area (Å²) in [6, 6.07) is 28.8. The monoisotopic (exact) mass is 581 g/mol. The predicted octanol–water partition coefficient (Wildman–Crippen LogP) is 4.21. The minimum absolute atomic E-state index is 0.0266. The number of carbonyl (C=O) groups excluding carboxylic acids is 2. The average Bonchev–Trinajstić information content (AvgIpc) is 3.39. The van der Waals surface area contributed by atoms with Gasteiger partial charge in [-0.05, 0) is 54.1 Å². The van der Waals surface area contributed by atoms with Crippen molar-refractivity contribution in [3.8, 4) is 0 Å². The van der Waals surface area contributed by atoms with Crippen molar-refractivity contribution in [1.29, 1.82) is 0 Å². The molecule has 0 spiro atoms. The number of amides is 2. The number of hydrogen-bond acceptors (Lipinski definition) is 5. The molecule has 214 valence electrons. The number of rotatable bonds is 7. The molecule has 1 unspecified atom stereocenters. The number of fused-ring (bicyclic) bond motifs is 2. The van der Waals surface area contributed by atoms with Crippen LogP contribution in [0.5, 0.6) is 0 Å². The number of nitrogens with zero attached hydrogens (tertiary/aromatic N) is 4. The number of carbonyl (C=O) groups is 2. The van der Waals surface area contributed by atoms with Gasteiger partial charge in [-0.1, -0.05) is 60.7 Å². The lowest BCUT2D eigenvalue weighted by molar-refractivity contribution is -0.133. The van der Waals surface area contributed by atoms with Gasteiger partial charge in [0, 0.05) is 31.7 Å². The molecule has 1 N–H and O–H groups in total. The first-order chi connectivity index (χ1) is 20.3. The van der Waals surface area contributed by atoms with Gasteiger partial charge in [-0.25, -0.2) is 13.4 Å². The Bertz CT molecular complexity index is 1880. The van der Waals surface area contributed by atoms with Gasteiger partial charge in [0.1, 0.15) is 12.4 Å². The number of benzene rings is 4. The quantitative estimate of drug-likeness (QED) is 0.310. The summed E-state index contributed by atoms with van der Waals surface area (Å²) in [6.45, 7) is 2.87. The Labute approximate surface area is 244 Å². The fourth-order valence-corrected chi connectivity index (χ4v) is 6.87. The molecule has 0 aliphatic carbocycles. The van der Waals surface area contributed by atoms with E-state index in [0.717, 1.165) is 21.8 Å². The van der Waals surface area contributed by atoms with Gasteiger partial charge in [0.2, 0.25) is 15.9 Å². The van der Waals surface area contributed by atoms with Crippen LogP contribution < -0.4 is 5.32 Å². The summed E-state index contributed by atoms with van der Waals surface area (Å²) in [7, 11) is -3.69. The molecule has 4 aromatic carbocycles. The second-order valence-electron chi connectivity index (χ2n) is 10.4. The molecule has 10 heteroatoms. The highest BCUT2D eigenvalue weighted by molar-refractivity contribution is 7.89. The fraction of sp³-hybridized carbons (Fsp3) is 0.219. The summed E-state index contributed by atoms with van der Waals surface area (Å²) >= 11 is 0. The van der Waals surface area contributed by atoms with Gasteiger partial charge in [-0.15, -0.1) is 0 Å². The molecule has 9 nitrogen and oxygen atoms in total. The first-order valence-electron chi connectivity index (χ1n) is 13.9. The van der Waals surface area contributed by atoms with Crippen molar-refractivity contribution in [3.05, 3.63) is 108 Å². The largest absolute Gasteiger partial charge is 0.342 e. The van der Waals surface area contributed by atoms with E-state index in [9.17, 15) is 18.0 Å². The summed E-state index contributed by atoms with van der Waals surface area (Å²) in [6.07, 6.45) is 0. The van der Waals surface area contributed by atoms with Gasteiger partial charge < -0.3 is 14.8 Å². The molecule has 1 aliphatic rings. The number of sulfonamides is 1. The van der Waals surface area contributed by atoms with Crippen molar-refractivity contribution in [1.82, 2.24) is 24.1 Å². The third-order valence-electron chi connectivity index (χ3n) is 7.70. The molecule has 0 saturated carbocycles. The summed E-state index contributed by atoms with van der Waals surface area (Å²) in [4.78, 5) is 33.0. The average molecular weight is 582 g/mol. The zero-order chi connectivity index (χ0) is 29.3. The lowest BCUT2D eigenvalue weighted by Gasteiger charge is -2.34. The van der Waals surface area contributed by atoms with Crippen LogP contribution >= 0.6 is 0 Å².